The van der Waals surface area contributed by atoms with Crippen molar-refractivity contribution >= 4 is 11.6 Å². The van der Waals surface area contributed by atoms with Crippen LogP contribution < -0.4 is 10.9 Å². The summed E-state index contributed by atoms with van der Waals surface area (Å²) in [5, 5.41) is 6.63. The summed E-state index contributed by atoms with van der Waals surface area (Å²) in [4.78, 5) is 39.4. The van der Waals surface area contributed by atoms with Gasteiger partial charge in [-0.3, -0.25) is 9.59 Å². The monoisotopic (exact) mass is 364 g/mol. The molecule has 0 bridgehead atoms. The lowest BCUT2D eigenvalue weighted by Crippen LogP contribution is -2.30. The highest BCUT2D eigenvalue weighted by Gasteiger charge is 2.13. The van der Waals surface area contributed by atoms with Crippen LogP contribution in [0.5, 0.6) is 0 Å². The fourth-order valence-electron chi connectivity index (χ4n) is 2.65. The van der Waals surface area contributed by atoms with Crippen molar-refractivity contribution in [3.63, 3.8) is 0 Å². The zero-order chi connectivity index (χ0) is 18.8. The third-order valence-electron chi connectivity index (χ3n) is 3.95. The molecule has 4 heterocycles. The third-order valence-corrected chi connectivity index (χ3v) is 3.95. The first-order valence-corrected chi connectivity index (χ1v) is 8.21. The molecule has 0 saturated heterocycles. The maximum atomic E-state index is 12.3. The smallest absolute Gasteiger partial charge is 0.263 e. The van der Waals surface area contributed by atoms with Gasteiger partial charge in [-0.1, -0.05) is 6.07 Å². The molecule has 0 aliphatic carbocycles. The van der Waals surface area contributed by atoms with Crippen molar-refractivity contribution in [1.82, 2.24) is 39.4 Å². The van der Waals surface area contributed by atoms with Gasteiger partial charge in [0.15, 0.2) is 0 Å². The number of aryl methyl sites for hydroxylation is 1. The molecule has 10 heteroatoms. The molecular formula is C17H16N8O2. The van der Waals surface area contributed by atoms with Gasteiger partial charge in [-0.05, 0) is 18.6 Å². The predicted octanol–water partition coefficient (Wildman–Crippen LogP) is 0.296. The lowest BCUT2D eigenvalue weighted by atomic mass is 10.3. The SMILES string of the molecule is Cc1ccc2nc(CNC(=O)c3cnc(Cn4cncn4)[nH]c3=O)cn2c1. The Bertz CT molecular complexity index is 1160. The predicted molar refractivity (Wildman–Crippen MR) is 95.1 cm³/mol. The molecule has 0 aliphatic rings. The number of amides is 1. The Morgan fingerprint density at radius 3 is 2.96 bits per heavy atom. The van der Waals surface area contributed by atoms with Gasteiger partial charge in [0, 0.05) is 18.6 Å². The summed E-state index contributed by atoms with van der Waals surface area (Å²) in [5.41, 5.74) is 2.03. The molecule has 0 aliphatic heterocycles. The second-order valence-corrected chi connectivity index (χ2v) is 6.05. The summed E-state index contributed by atoms with van der Waals surface area (Å²) < 4.78 is 3.41. The number of nitrogens with zero attached hydrogens (tertiary/aromatic N) is 6. The van der Waals surface area contributed by atoms with Crippen LogP contribution in [0.1, 0.15) is 27.4 Å². The molecule has 0 saturated carbocycles. The molecule has 4 aromatic heterocycles. The fraction of sp³-hybridized carbons (Fsp3) is 0.176. The first-order valence-electron chi connectivity index (χ1n) is 8.21. The Morgan fingerprint density at radius 1 is 1.30 bits per heavy atom. The van der Waals surface area contributed by atoms with Crippen molar-refractivity contribution in [3.8, 4) is 0 Å². The van der Waals surface area contributed by atoms with Gasteiger partial charge in [-0.2, -0.15) is 5.10 Å². The lowest BCUT2D eigenvalue weighted by molar-refractivity contribution is 0.0948. The zero-order valence-corrected chi connectivity index (χ0v) is 14.5. The number of rotatable bonds is 5. The van der Waals surface area contributed by atoms with E-state index in [0.717, 1.165) is 11.2 Å². The number of hydrogen-bond donors (Lipinski definition) is 2. The zero-order valence-electron chi connectivity index (χ0n) is 14.5. The summed E-state index contributed by atoms with van der Waals surface area (Å²) in [6.07, 6.45) is 7.95. The second-order valence-electron chi connectivity index (χ2n) is 6.05. The van der Waals surface area contributed by atoms with Crippen molar-refractivity contribution in [2.75, 3.05) is 0 Å². The van der Waals surface area contributed by atoms with E-state index >= 15 is 0 Å². The van der Waals surface area contributed by atoms with Crippen LogP contribution in [0.4, 0.5) is 0 Å². The largest absolute Gasteiger partial charge is 0.346 e. The minimum Gasteiger partial charge on any atom is -0.346 e. The van der Waals surface area contributed by atoms with Gasteiger partial charge >= 0.3 is 0 Å². The van der Waals surface area contributed by atoms with Gasteiger partial charge in [0.05, 0.1) is 12.2 Å². The minimum atomic E-state index is -0.511. The van der Waals surface area contributed by atoms with E-state index in [2.05, 4.69) is 30.4 Å². The van der Waals surface area contributed by atoms with Gasteiger partial charge in [0.1, 0.15) is 36.2 Å². The summed E-state index contributed by atoms with van der Waals surface area (Å²) in [7, 11) is 0. The number of imidazole rings is 1. The first-order chi connectivity index (χ1) is 13.1. The van der Waals surface area contributed by atoms with Crippen molar-refractivity contribution in [2.45, 2.75) is 20.0 Å². The van der Waals surface area contributed by atoms with Gasteiger partial charge in [-0.25, -0.2) is 19.6 Å². The molecule has 0 fully saturated rings. The Labute approximate surface area is 152 Å². The summed E-state index contributed by atoms with van der Waals surface area (Å²) in [5.74, 6) is -0.123. The Kier molecular flexibility index (Phi) is 4.21. The van der Waals surface area contributed by atoms with Crippen LogP contribution >= 0.6 is 0 Å². The van der Waals surface area contributed by atoms with E-state index in [1.54, 1.807) is 0 Å². The lowest BCUT2D eigenvalue weighted by Gasteiger charge is -2.04. The fourth-order valence-corrected chi connectivity index (χ4v) is 2.65. The number of nitrogens with one attached hydrogen (secondary N) is 2. The minimum absolute atomic E-state index is 0.0584. The van der Waals surface area contributed by atoms with Gasteiger partial charge in [0.25, 0.3) is 11.5 Å². The van der Waals surface area contributed by atoms with E-state index in [1.807, 2.05) is 35.9 Å². The molecule has 4 rings (SSSR count). The second kappa shape index (κ2) is 6.83. The van der Waals surface area contributed by atoms with Crippen molar-refractivity contribution in [2.24, 2.45) is 0 Å². The number of carbonyl (C=O) groups excluding carboxylic acids is 1. The molecule has 136 valence electrons. The van der Waals surface area contributed by atoms with Crippen LogP contribution in [-0.4, -0.2) is 40.0 Å². The van der Waals surface area contributed by atoms with Crippen molar-refractivity contribution in [3.05, 3.63) is 76.4 Å². The van der Waals surface area contributed by atoms with E-state index in [0.29, 0.717) is 11.5 Å². The van der Waals surface area contributed by atoms with Crippen LogP contribution in [0.15, 0.2) is 48.2 Å². The van der Waals surface area contributed by atoms with Crippen LogP contribution in [0, 0.1) is 6.92 Å². The topological polar surface area (TPSA) is 123 Å². The number of pyridine rings is 1. The molecular weight excluding hydrogens is 348 g/mol. The standard InChI is InChI=1S/C17H16N8O2/c1-11-2-3-15-22-12(7-24(15)6-11)4-20-16(26)13-5-19-14(23-17(13)27)8-25-10-18-9-21-25/h2-3,5-7,9-10H,4,8H2,1H3,(H,20,26)(H,19,23,27). The molecule has 2 N–H and O–H groups in total. The number of aromatic nitrogens is 7. The van der Waals surface area contributed by atoms with E-state index in [9.17, 15) is 9.59 Å². The summed E-state index contributed by atoms with van der Waals surface area (Å²) in [6, 6.07) is 3.87. The van der Waals surface area contributed by atoms with Crippen molar-refractivity contribution < 1.29 is 4.79 Å². The molecule has 1 amide bonds. The molecule has 10 nitrogen and oxygen atoms in total. The van der Waals surface area contributed by atoms with Gasteiger partial charge < -0.3 is 14.7 Å². The summed E-state index contributed by atoms with van der Waals surface area (Å²) >= 11 is 0. The number of aromatic amines is 1. The number of hydrogen-bond acceptors (Lipinski definition) is 6. The maximum Gasteiger partial charge on any atom is 0.263 e. The average Bonchev–Trinajstić information content (AvgIpc) is 3.28. The quantitative estimate of drug-likeness (QED) is 0.525. The molecule has 0 aromatic carbocycles. The maximum absolute atomic E-state index is 12.3. The van der Waals surface area contributed by atoms with Gasteiger partial charge in [-0.15, -0.1) is 0 Å². The third kappa shape index (κ3) is 3.59. The first kappa shape index (κ1) is 16.6. The average molecular weight is 364 g/mol. The highest BCUT2D eigenvalue weighted by Crippen LogP contribution is 2.07. The van der Waals surface area contributed by atoms with E-state index < -0.39 is 11.5 Å². The molecule has 0 unspecified atom stereocenters. The number of carbonyl (C=O) groups is 1. The Balaban J connectivity index is 1.45. The normalized spacial score (nSPS) is 11.0. The van der Waals surface area contributed by atoms with Crippen LogP contribution in [0.25, 0.3) is 5.65 Å². The highest BCUT2D eigenvalue weighted by molar-refractivity contribution is 5.93. The van der Waals surface area contributed by atoms with E-state index in [-0.39, 0.29) is 18.7 Å². The summed E-state index contributed by atoms with van der Waals surface area (Å²) in [6.45, 7) is 2.46. The molecule has 0 radical (unpaired) electrons. The number of fused-ring (bicyclic) bond motifs is 1. The van der Waals surface area contributed by atoms with Gasteiger partial charge in [0.2, 0.25) is 0 Å². The molecule has 27 heavy (non-hydrogen) atoms. The molecule has 4 aromatic rings. The van der Waals surface area contributed by atoms with E-state index in [1.165, 1.54) is 23.5 Å². The van der Waals surface area contributed by atoms with Crippen LogP contribution in [-0.2, 0) is 13.1 Å². The van der Waals surface area contributed by atoms with E-state index in [4.69, 9.17) is 0 Å². The molecule has 0 spiro atoms. The number of H-pyrrole nitrogens is 1. The Morgan fingerprint density at radius 2 is 2.19 bits per heavy atom. The molecule has 0 atom stereocenters. The Hall–Kier alpha value is -3.82. The van der Waals surface area contributed by atoms with Crippen LogP contribution in [0.2, 0.25) is 0 Å². The van der Waals surface area contributed by atoms with Crippen molar-refractivity contribution in [1.29, 1.82) is 0 Å². The van der Waals surface area contributed by atoms with Crippen LogP contribution in [0.3, 0.4) is 0 Å². The highest BCUT2D eigenvalue weighted by atomic mass is 16.2.